The van der Waals surface area contributed by atoms with Gasteiger partial charge in [-0.3, -0.25) is 14.2 Å². The lowest BCUT2D eigenvalue weighted by Crippen LogP contribution is -2.25. The van der Waals surface area contributed by atoms with E-state index in [-0.39, 0.29) is 12.1 Å². The Morgan fingerprint density at radius 1 is 1.36 bits per heavy atom. The summed E-state index contributed by atoms with van der Waals surface area (Å²) in [6.45, 7) is 1.75. The Labute approximate surface area is 125 Å². The summed E-state index contributed by atoms with van der Waals surface area (Å²) >= 11 is 0. The van der Waals surface area contributed by atoms with Gasteiger partial charge in [0.25, 0.3) is 5.56 Å². The van der Waals surface area contributed by atoms with Crippen LogP contribution in [0.1, 0.15) is 5.56 Å². The molecule has 8 heteroatoms. The van der Waals surface area contributed by atoms with Crippen LogP contribution in [-0.2, 0) is 16.1 Å². The molecular formula is C14H13N5O3. The number of rotatable bonds is 3. The SMILES string of the molecule is COC(=O)Cn1cnc2c(nnn2-c2cccc(C)c2)c1=O. The maximum absolute atomic E-state index is 12.3. The van der Waals surface area contributed by atoms with Crippen molar-refractivity contribution in [2.75, 3.05) is 7.11 Å². The largest absolute Gasteiger partial charge is 0.468 e. The smallest absolute Gasteiger partial charge is 0.325 e. The van der Waals surface area contributed by atoms with Crippen LogP contribution in [0, 0.1) is 6.92 Å². The Kier molecular flexibility index (Phi) is 3.42. The zero-order valence-corrected chi connectivity index (χ0v) is 12.1. The summed E-state index contributed by atoms with van der Waals surface area (Å²) in [5.41, 5.74) is 1.83. The van der Waals surface area contributed by atoms with E-state index in [1.165, 1.54) is 18.1 Å². The van der Waals surface area contributed by atoms with Gasteiger partial charge >= 0.3 is 5.97 Å². The Morgan fingerprint density at radius 2 is 2.18 bits per heavy atom. The minimum atomic E-state index is -0.533. The van der Waals surface area contributed by atoms with Crippen LogP contribution in [-0.4, -0.2) is 37.6 Å². The first kappa shape index (κ1) is 13.9. The van der Waals surface area contributed by atoms with Gasteiger partial charge in [-0.25, -0.2) is 4.98 Å². The second-order valence-electron chi connectivity index (χ2n) is 4.77. The molecule has 0 aliphatic heterocycles. The molecule has 0 unspecified atom stereocenters. The Bertz CT molecular complexity index is 912. The molecule has 1 aromatic carbocycles. The van der Waals surface area contributed by atoms with Crippen LogP contribution in [0.4, 0.5) is 0 Å². The van der Waals surface area contributed by atoms with E-state index >= 15 is 0 Å². The highest BCUT2D eigenvalue weighted by Crippen LogP contribution is 2.13. The summed E-state index contributed by atoms with van der Waals surface area (Å²) in [5, 5.41) is 7.87. The van der Waals surface area contributed by atoms with Crippen molar-refractivity contribution in [3.8, 4) is 5.69 Å². The highest BCUT2D eigenvalue weighted by Gasteiger charge is 2.14. The van der Waals surface area contributed by atoms with E-state index in [2.05, 4.69) is 20.0 Å². The highest BCUT2D eigenvalue weighted by molar-refractivity contribution is 5.72. The zero-order valence-electron chi connectivity index (χ0n) is 12.1. The lowest BCUT2D eigenvalue weighted by atomic mass is 10.2. The molecule has 3 rings (SSSR count). The normalized spacial score (nSPS) is 10.8. The van der Waals surface area contributed by atoms with E-state index < -0.39 is 11.5 Å². The maximum Gasteiger partial charge on any atom is 0.325 e. The fourth-order valence-corrected chi connectivity index (χ4v) is 2.09. The summed E-state index contributed by atoms with van der Waals surface area (Å²) in [6, 6.07) is 7.61. The molecule has 0 N–H and O–H groups in total. The van der Waals surface area contributed by atoms with Crippen molar-refractivity contribution in [3.05, 3.63) is 46.5 Å². The molecule has 0 aliphatic rings. The molecule has 0 aliphatic carbocycles. The average Bonchev–Trinajstić information content (AvgIpc) is 2.94. The van der Waals surface area contributed by atoms with Crippen LogP contribution in [0.15, 0.2) is 35.4 Å². The minimum absolute atomic E-state index is 0.105. The molecule has 0 atom stereocenters. The lowest BCUT2D eigenvalue weighted by molar-refractivity contribution is -0.141. The van der Waals surface area contributed by atoms with Crippen molar-refractivity contribution in [1.82, 2.24) is 24.5 Å². The topological polar surface area (TPSA) is 91.9 Å². The van der Waals surface area contributed by atoms with E-state index in [1.54, 1.807) is 0 Å². The maximum atomic E-state index is 12.3. The lowest BCUT2D eigenvalue weighted by Gasteiger charge is -2.04. The minimum Gasteiger partial charge on any atom is -0.468 e. The van der Waals surface area contributed by atoms with Gasteiger partial charge in [-0.2, -0.15) is 4.68 Å². The summed E-state index contributed by atoms with van der Waals surface area (Å²) in [5.74, 6) is -0.533. The summed E-state index contributed by atoms with van der Waals surface area (Å²) in [7, 11) is 1.26. The van der Waals surface area contributed by atoms with Crippen LogP contribution in [0.2, 0.25) is 0 Å². The molecule has 8 nitrogen and oxygen atoms in total. The molecule has 0 bridgehead atoms. The van der Waals surface area contributed by atoms with E-state index in [0.717, 1.165) is 15.8 Å². The molecule has 2 aromatic heterocycles. The number of hydrogen-bond donors (Lipinski definition) is 0. The van der Waals surface area contributed by atoms with Crippen molar-refractivity contribution in [2.24, 2.45) is 0 Å². The Morgan fingerprint density at radius 3 is 2.91 bits per heavy atom. The quantitative estimate of drug-likeness (QED) is 0.652. The number of benzene rings is 1. The van der Waals surface area contributed by atoms with Gasteiger partial charge in [-0.05, 0) is 24.6 Å². The van der Waals surface area contributed by atoms with Crippen LogP contribution < -0.4 is 5.56 Å². The average molecular weight is 299 g/mol. The predicted octanol–water partition coefficient (Wildman–Crippen LogP) is 0.459. The first-order valence-corrected chi connectivity index (χ1v) is 6.55. The molecule has 0 saturated carbocycles. The molecule has 0 saturated heterocycles. The summed E-state index contributed by atoms with van der Waals surface area (Å²) in [6.07, 6.45) is 1.29. The first-order valence-electron chi connectivity index (χ1n) is 6.55. The molecule has 0 amide bonds. The number of methoxy groups -OCH3 is 1. The van der Waals surface area contributed by atoms with Crippen LogP contribution >= 0.6 is 0 Å². The van der Waals surface area contributed by atoms with Gasteiger partial charge in [0.05, 0.1) is 12.8 Å². The second kappa shape index (κ2) is 5.40. The fourth-order valence-electron chi connectivity index (χ4n) is 2.09. The van der Waals surface area contributed by atoms with Crippen LogP contribution in [0.25, 0.3) is 16.9 Å². The standard InChI is InChI=1S/C14H13N5O3/c1-9-4-3-5-10(6-9)19-13-12(16-17-19)14(21)18(8-15-13)7-11(20)22-2/h3-6,8H,7H2,1-2H3. The second-order valence-corrected chi connectivity index (χ2v) is 4.77. The number of esters is 1. The molecule has 22 heavy (non-hydrogen) atoms. The molecule has 3 aromatic rings. The third-order valence-electron chi connectivity index (χ3n) is 3.20. The monoisotopic (exact) mass is 299 g/mol. The van der Waals surface area contributed by atoms with Crippen molar-refractivity contribution in [1.29, 1.82) is 0 Å². The number of carbonyl (C=O) groups excluding carboxylic acids is 1. The Balaban J connectivity index is 2.12. The van der Waals surface area contributed by atoms with Gasteiger partial charge in [0.1, 0.15) is 12.9 Å². The molecular weight excluding hydrogens is 286 g/mol. The Hall–Kier alpha value is -3.03. The van der Waals surface area contributed by atoms with E-state index in [0.29, 0.717) is 5.65 Å². The molecule has 2 heterocycles. The number of ether oxygens (including phenoxy) is 1. The summed E-state index contributed by atoms with van der Waals surface area (Å²) in [4.78, 5) is 27.8. The number of aromatic nitrogens is 5. The number of nitrogens with zero attached hydrogens (tertiary/aromatic N) is 5. The summed E-state index contributed by atoms with van der Waals surface area (Å²) < 4.78 is 7.18. The van der Waals surface area contributed by atoms with E-state index in [9.17, 15) is 9.59 Å². The first-order chi connectivity index (χ1) is 10.6. The predicted molar refractivity (Wildman–Crippen MR) is 77.7 cm³/mol. The van der Waals surface area contributed by atoms with Gasteiger partial charge in [0.15, 0.2) is 11.2 Å². The van der Waals surface area contributed by atoms with Gasteiger partial charge in [-0.1, -0.05) is 17.3 Å². The van der Waals surface area contributed by atoms with Crippen molar-refractivity contribution < 1.29 is 9.53 Å². The zero-order chi connectivity index (χ0) is 15.7. The van der Waals surface area contributed by atoms with Crippen molar-refractivity contribution >= 4 is 17.1 Å². The number of carbonyl (C=O) groups is 1. The van der Waals surface area contributed by atoms with Gasteiger partial charge in [0, 0.05) is 0 Å². The van der Waals surface area contributed by atoms with E-state index in [4.69, 9.17) is 0 Å². The van der Waals surface area contributed by atoms with Crippen molar-refractivity contribution in [2.45, 2.75) is 13.5 Å². The molecule has 0 fully saturated rings. The third-order valence-corrected chi connectivity index (χ3v) is 3.20. The van der Waals surface area contributed by atoms with Crippen LogP contribution in [0.3, 0.4) is 0 Å². The van der Waals surface area contributed by atoms with Gasteiger partial charge < -0.3 is 4.74 Å². The third kappa shape index (κ3) is 2.34. The number of hydrogen-bond acceptors (Lipinski definition) is 6. The highest BCUT2D eigenvalue weighted by atomic mass is 16.5. The molecule has 112 valence electrons. The number of fused-ring (bicyclic) bond motifs is 1. The number of aryl methyl sites for hydroxylation is 1. The molecule has 0 radical (unpaired) electrons. The molecule has 0 spiro atoms. The van der Waals surface area contributed by atoms with Gasteiger partial charge in [-0.15, -0.1) is 5.10 Å². The van der Waals surface area contributed by atoms with Gasteiger partial charge in [0.2, 0.25) is 0 Å². The van der Waals surface area contributed by atoms with Crippen molar-refractivity contribution in [3.63, 3.8) is 0 Å². The van der Waals surface area contributed by atoms with Crippen LogP contribution in [0.5, 0.6) is 0 Å². The van der Waals surface area contributed by atoms with E-state index in [1.807, 2.05) is 31.2 Å². The fraction of sp³-hybridized carbons (Fsp3) is 0.214.